The maximum absolute atomic E-state index is 12.5. The highest BCUT2D eigenvalue weighted by atomic mass is 16.3. The van der Waals surface area contributed by atoms with Crippen LogP contribution in [0.15, 0.2) is 47.1 Å². The summed E-state index contributed by atoms with van der Waals surface area (Å²) in [6.07, 6.45) is 1.83. The molecule has 2 heterocycles. The van der Waals surface area contributed by atoms with Crippen LogP contribution in [0.25, 0.3) is 0 Å². The zero-order chi connectivity index (χ0) is 18.5. The monoisotopic (exact) mass is 355 g/mol. The molecule has 1 aromatic heterocycles. The van der Waals surface area contributed by atoms with E-state index < -0.39 is 0 Å². The Morgan fingerprint density at radius 1 is 1.23 bits per heavy atom. The number of furan rings is 1. The van der Waals surface area contributed by atoms with Gasteiger partial charge >= 0.3 is 0 Å². The van der Waals surface area contributed by atoms with Crippen molar-refractivity contribution in [2.45, 2.75) is 26.8 Å². The van der Waals surface area contributed by atoms with Crippen molar-refractivity contribution in [3.05, 3.63) is 48.4 Å². The van der Waals surface area contributed by atoms with E-state index in [-0.39, 0.29) is 24.2 Å². The molecule has 6 heteroatoms. The first-order chi connectivity index (χ1) is 12.6. The molecule has 26 heavy (non-hydrogen) atoms. The van der Waals surface area contributed by atoms with Crippen LogP contribution in [0, 0.1) is 5.92 Å². The molecule has 1 aliphatic heterocycles. The standard InChI is InChI=1S/C20H25N3O3/c1-3-22(4-2)17-9-7-16(8-10-17)21-20(25)15-12-19(24)23(13-15)14-18-6-5-11-26-18/h5-11,15H,3-4,12-14H2,1-2H3,(H,21,25). The number of carbonyl (C=O) groups excluding carboxylic acids is 2. The van der Waals surface area contributed by atoms with Crippen LogP contribution in [-0.4, -0.2) is 36.3 Å². The SMILES string of the molecule is CCN(CC)c1ccc(NC(=O)C2CC(=O)N(Cc3ccco3)C2)cc1. The fourth-order valence-electron chi connectivity index (χ4n) is 3.28. The highest BCUT2D eigenvalue weighted by Crippen LogP contribution is 2.23. The quantitative estimate of drug-likeness (QED) is 0.829. The van der Waals surface area contributed by atoms with Crippen molar-refractivity contribution in [2.24, 2.45) is 5.92 Å². The molecule has 6 nitrogen and oxygen atoms in total. The van der Waals surface area contributed by atoms with Crippen LogP contribution in [0.5, 0.6) is 0 Å². The van der Waals surface area contributed by atoms with Crippen LogP contribution in [0.3, 0.4) is 0 Å². The topological polar surface area (TPSA) is 65.8 Å². The Balaban J connectivity index is 1.57. The summed E-state index contributed by atoms with van der Waals surface area (Å²) in [7, 11) is 0. The lowest BCUT2D eigenvalue weighted by Crippen LogP contribution is -2.28. The number of likely N-dealkylation sites (tertiary alicyclic amines) is 1. The molecule has 0 saturated carbocycles. The lowest BCUT2D eigenvalue weighted by Gasteiger charge is -2.21. The molecule has 2 amide bonds. The largest absolute Gasteiger partial charge is 0.467 e. The van der Waals surface area contributed by atoms with Gasteiger partial charge in [-0.3, -0.25) is 9.59 Å². The second-order valence-electron chi connectivity index (χ2n) is 6.46. The number of amides is 2. The molecule has 0 radical (unpaired) electrons. The zero-order valence-electron chi connectivity index (χ0n) is 15.3. The Morgan fingerprint density at radius 3 is 2.58 bits per heavy atom. The third-order valence-electron chi connectivity index (χ3n) is 4.78. The van der Waals surface area contributed by atoms with E-state index in [9.17, 15) is 9.59 Å². The molecule has 3 rings (SSSR count). The Hall–Kier alpha value is -2.76. The van der Waals surface area contributed by atoms with E-state index in [1.165, 1.54) is 0 Å². The Kier molecular flexibility index (Phi) is 5.61. The van der Waals surface area contributed by atoms with Crippen molar-refractivity contribution in [3.63, 3.8) is 0 Å². The minimum Gasteiger partial charge on any atom is -0.467 e. The van der Waals surface area contributed by atoms with E-state index in [2.05, 4.69) is 24.1 Å². The first kappa shape index (κ1) is 18.0. The number of anilines is 2. The summed E-state index contributed by atoms with van der Waals surface area (Å²) in [4.78, 5) is 28.6. The molecular weight excluding hydrogens is 330 g/mol. The van der Waals surface area contributed by atoms with E-state index in [1.807, 2.05) is 30.3 Å². The lowest BCUT2D eigenvalue weighted by atomic mass is 10.1. The predicted molar refractivity (Wildman–Crippen MR) is 101 cm³/mol. The van der Waals surface area contributed by atoms with Crippen molar-refractivity contribution in [1.29, 1.82) is 0 Å². The maximum atomic E-state index is 12.5. The molecule has 1 unspecified atom stereocenters. The Bertz CT molecular complexity index is 736. The number of rotatable bonds is 7. The molecule has 1 saturated heterocycles. The van der Waals surface area contributed by atoms with Gasteiger partial charge < -0.3 is 19.5 Å². The molecule has 1 aliphatic rings. The van der Waals surface area contributed by atoms with Gasteiger partial charge in [0.2, 0.25) is 11.8 Å². The van der Waals surface area contributed by atoms with Gasteiger partial charge in [0.1, 0.15) is 5.76 Å². The van der Waals surface area contributed by atoms with Gasteiger partial charge in [-0.1, -0.05) is 0 Å². The van der Waals surface area contributed by atoms with Gasteiger partial charge in [0.15, 0.2) is 0 Å². The smallest absolute Gasteiger partial charge is 0.229 e. The lowest BCUT2D eigenvalue weighted by molar-refractivity contribution is -0.128. The summed E-state index contributed by atoms with van der Waals surface area (Å²) in [5, 5.41) is 2.93. The number of hydrogen-bond donors (Lipinski definition) is 1. The minimum atomic E-state index is -0.333. The number of hydrogen-bond acceptors (Lipinski definition) is 4. The molecule has 1 aromatic carbocycles. The molecule has 2 aromatic rings. The van der Waals surface area contributed by atoms with E-state index in [0.717, 1.165) is 30.2 Å². The number of nitrogens with zero attached hydrogens (tertiary/aromatic N) is 2. The first-order valence-corrected chi connectivity index (χ1v) is 9.06. The van der Waals surface area contributed by atoms with Gasteiger partial charge in [-0.05, 0) is 50.2 Å². The van der Waals surface area contributed by atoms with E-state index in [1.54, 1.807) is 17.2 Å². The molecule has 0 aliphatic carbocycles. The summed E-state index contributed by atoms with van der Waals surface area (Å²) in [6, 6.07) is 11.4. The van der Waals surface area contributed by atoms with Crippen LogP contribution in [0.1, 0.15) is 26.0 Å². The van der Waals surface area contributed by atoms with Crippen molar-refractivity contribution in [2.75, 3.05) is 29.9 Å². The highest BCUT2D eigenvalue weighted by molar-refractivity contribution is 5.97. The maximum Gasteiger partial charge on any atom is 0.229 e. The molecule has 138 valence electrons. The van der Waals surface area contributed by atoms with Gasteiger partial charge in [-0.2, -0.15) is 0 Å². The van der Waals surface area contributed by atoms with Crippen LogP contribution in [-0.2, 0) is 16.1 Å². The number of nitrogens with one attached hydrogen (secondary N) is 1. The van der Waals surface area contributed by atoms with Gasteiger partial charge in [0.05, 0.1) is 18.7 Å². The zero-order valence-corrected chi connectivity index (χ0v) is 15.3. The summed E-state index contributed by atoms with van der Waals surface area (Å²) in [6.45, 7) is 6.95. The normalized spacial score (nSPS) is 16.8. The van der Waals surface area contributed by atoms with Gasteiger partial charge in [-0.25, -0.2) is 0 Å². The van der Waals surface area contributed by atoms with Gasteiger partial charge in [0, 0.05) is 37.4 Å². The average Bonchev–Trinajstić information content (AvgIpc) is 3.28. The number of carbonyl (C=O) groups is 2. The van der Waals surface area contributed by atoms with Crippen LogP contribution < -0.4 is 10.2 Å². The Labute approximate surface area is 153 Å². The minimum absolute atomic E-state index is 0.0153. The van der Waals surface area contributed by atoms with Crippen LogP contribution in [0.4, 0.5) is 11.4 Å². The number of benzene rings is 1. The third kappa shape index (κ3) is 4.07. The average molecular weight is 355 g/mol. The first-order valence-electron chi connectivity index (χ1n) is 9.06. The van der Waals surface area contributed by atoms with Crippen molar-refractivity contribution >= 4 is 23.2 Å². The summed E-state index contributed by atoms with van der Waals surface area (Å²) >= 11 is 0. The van der Waals surface area contributed by atoms with Crippen molar-refractivity contribution in [3.8, 4) is 0 Å². The third-order valence-corrected chi connectivity index (χ3v) is 4.78. The molecule has 0 spiro atoms. The van der Waals surface area contributed by atoms with Gasteiger partial charge in [0.25, 0.3) is 0 Å². The van der Waals surface area contributed by atoms with E-state index in [4.69, 9.17) is 4.42 Å². The van der Waals surface area contributed by atoms with Crippen LogP contribution >= 0.6 is 0 Å². The molecule has 1 fully saturated rings. The molecule has 1 N–H and O–H groups in total. The molecule has 1 atom stereocenters. The van der Waals surface area contributed by atoms with E-state index in [0.29, 0.717) is 13.1 Å². The van der Waals surface area contributed by atoms with Crippen molar-refractivity contribution in [1.82, 2.24) is 4.90 Å². The van der Waals surface area contributed by atoms with Crippen molar-refractivity contribution < 1.29 is 14.0 Å². The van der Waals surface area contributed by atoms with Crippen LogP contribution in [0.2, 0.25) is 0 Å². The second kappa shape index (κ2) is 8.08. The fraction of sp³-hybridized carbons (Fsp3) is 0.400. The van der Waals surface area contributed by atoms with E-state index >= 15 is 0 Å². The predicted octanol–water partition coefficient (Wildman–Crippen LogP) is 3.11. The summed E-state index contributed by atoms with van der Waals surface area (Å²) in [5.74, 6) is 0.264. The molecule has 0 bridgehead atoms. The highest BCUT2D eigenvalue weighted by Gasteiger charge is 2.34. The summed E-state index contributed by atoms with van der Waals surface area (Å²) < 4.78 is 5.29. The fourth-order valence-corrected chi connectivity index (χ4v) is 3.28. The molecular formula is C20H25N3O3. The summed E-state index contributed by atoms with van der Waals surface area (Å²) in [5.41, 5.74) is 1.89. The van der Waals surface area contributed by atoms with Gasteiger partial charge in [-0.15, -0.1) is 0 Å². The second-order valence-corrected chi connectivity index (χ2v) is 6.46. The Morgan fingerprint density at radius 2 is 1.96 bits per heavy atom.